The summed E-state index contributed by atoms with van der Waals surface area (Å²) in [5, 5.41) is 1.46. The third-order valence-electron chi connectivity index (χ3n) is 3.37. The Morgan fingerprint density at radius 2 is 2.00 bits per heavy atom. The van der Waals surface area contributed by atoms with Crippen LogP contribution in [0, 0.1) is 12.7 Å². The summed E-state index contributed by atoms with van der Waals surface area (Å²) in [6.45, 7) is 1.97. The minimum absolute atomic E-state index is 0.234. The largest absolute Gasteiger partial charge is 0.342 e. The van der Waals surface area contributed by atoms with E-state index in [2.05, 4.69) is 4.98 Å². The number of aromatic nitrogens is 2. The Bertz CT molecular complexity index is 777. The highest BCUT2D eigenvalue weighted by Gasteiger charge is 2.11. The van der Waals surface area contributed by atoms with Crippen LogP contribution in [0.25, 0.3) is 22.2 Å². The van der Waals surface area contributed by atoms with E-state index in [9.17, 15) is 4.39 Å². The Morgan fingerprint density at radius 3 is 2.79 bits per heavy atom. The highest BCUT2D eigenvalue weighted by molar-refractivity contribution is 6.30. The first-order chi connectivity index (χ1) is 9.06. The topological polar surface area (TPSA) is 17.8 Å². The van der Waals surface area contributed by atoms with Gasteiger partial charge in [-0.15, -0.1) is 0 Å². The Kier molecular flexibility index (Phi) is 2.79. The molecule has 0 saturated carbocycles. The average molecular weight is 275 g/mol. The number of hydrogen-bond acceptors (Lipinski definition) is 1. The molecule has 0 fully saturated rings. The van der Waals surface area contributed by atoms with Gasteiger partial charge in [-0.3, -0.25) is 0 Å². The van der Waals surface area contributed by atoms with Gasteiger partial charge in [0.1, 0.15) is 11.0 Å². The summed E-state index contributed by atoms with van der Waals surface area (Å²) in [5.74, 6) is -0.234. The van der Waals surface area contributed by atoms with Crippen LogP contribution in [0.15, 0.2) is 36.5 Å². The summed E-state index contributed by atoms with van der Waals surface area (Å²) in [4.78, 5) is 4.09. The molecule has 2 aromatic heterocycles. The maximum Gasteiger partial charge on any atom is 0.129 e. The van der Waals surface area contributed by atoms with Crippen molar-refractivity contribution in [3.8, 4) is 11.3 Å². The fourth-order valence-electron chi connectivity index (χ4n) is 2.34. The fraction of sp³-hybridized carbons (Fsp3) is 0.133. The molecule has 0 spiro atoms. The van der Waals surface area contributed by atoms with Crippen molar-refractivity contribution in [2.75, 3.05) is 0 Å². The van der Waals surface area contributed by atoms with Crippen molar-refractivity contribution in [2.45, 2.75) is 6.92 Å². The van der Waals surface area contributed by atoms with Crippen LogP contribution in [-0.4, -0.2) is 9.55 Å². The Morgan fingerprint density at radius 1 is 1.21 bits per heavy atom. The lowest BCUT2D eigenvalue weighted by Gasteiger charge is -2.07. The Labute approximate surface area is 115 Å². The Hall–Kier alpha value is -1.87. The van der Waals surface area contributed by atoms with Crippen molar-refractivity contribution >= 4 is 22.5 Å². The van der Waals surface area contributed by atoms with E-state index in [-0.39, 0.29) is 5.82 Å². The molecule has 0 aliphatic heterocycles. The lowest BCUT2D eigenvalue weighted by atomic mass is 10.1. The summed E-state index contributed by atoms with van der Waals surface area (Å²) in [7, 11) is 1.94. The van der Waals surface area contributed by atoms with Gasteiger partial charge in [0.25, 0.3) is 0 Å². The van der Waals surface area contributed by atoms with Crippen LogP contribution in [0.1, 0.15) is 5.56 Å². The first-order valence-corrected chi connectivity index (χ1v) is 6.31. The zero-order chi connectivity index (χ0) is 13.6. The predicted octanol–water partition coefficient (Wildman–Crippen LogP) is 4.34. The molecule has 0 aliphatic rings. The van der Waals surface area contributed by atoms with Crippen molar-refractivity contribution in [2.24, 2.45) is 7.05 Å². The summed E-state index contributed by atoms with van der Waals surface area (Å²) < 4.78 is 15.4. The van der Waals surface area contributed by atoms with Gasteiger partial charge in [0.05, 0.1) is 11.7 Å². The van der Waals surface area contributed by atoms with Crippen LogP contribution in [0.2, 0.25) is 5.15 Å². The second-order valence-corrected chi connectivity index (χ2v) is 5.00. The van der Waals surface area contributed by atoms with Gasteiger partial charge in [0, 0.05) is 23.7 Å². The van der Waals surface area contributed by atoms with Crippen LogP contribution in [0.3, 0.4) is 0 Å². The molecule has 0 radical (unpaired) electrons. The number of fused-ring (bicyclic) bond motifs is 1. The molecule has 96 valence electrons. The molecule has 1 aromatic carbocycles. The van der Waals surface area contributed by atoms with Crippen LogP contribution in [-0.2, 0) is 7.05 Å². The van der Waals surface area contributed by atoms with Gasteiger partial charge in [0.2, 0.25) is 0 Å². The fourth-order valence-corrected chi connectivity index (χ4v) is 2.50. The molecule has 0 atom stereocenters. The van der Waals surface area contributed by atoms with Gasteiger partial charge in [-0.2, -0.15) is 0 Å². The second kappa shape index (κ2) is 4.35. The molecule has 3 aromatic rings. The Balaban J connectivity index is 2.30. The van der Waals surface area contributed by atoms with E-state index in [0.717, 1.165) is 27.7 Å². The zero-order valence-corrected chi connectivity index (χ0v) is 11.4. The third-order valence-corrected chi connectivity index (χ3v) is 3.58. The summed E-state index contributed by atoms with van der Waals surface area (Å²) in [5.41, 5.74) is 3.85. The first-order valence-electron chi connectivity index (χ1n) is 5.94. The molecule has 0 N–H and O–H groups in total. The van der Waals surface area contributed by atoms with Crippen LogP contribution in [0.4, 0.5) is 4.39 Å². The number of nitrogens with zero attached hydrogens (tertiary/aromatic N) is 2. The highest BCUT2D eigenvalue weighted by atomic mass is 35.5. The summed E-state index contributed by atoms with van der Waals surface area (Å²) >= 11 is 5.90. The van der Waals surface area contributed by atoms with Gasteiger partial charge in [-0.25, -0.2) is 9.37 Å². The molecule has 19 heavy (non-hydrogen) atoms. The van der Waals surface area contributed by atoms with E-state index in [1.54, 1.807) is 18.3 Å². The van der Waals surface area contributed by atoms with E-state index in [1.165, 1.54) is 6.07 Å². The van der Waals surface area contributed by atoms with E-state index in [4.69, 9.17) is 11.6 Å². The molecule has 4 heteroatoms. The van der Waals surface area contributed by atoms with E-state index >= 15 is 0 Å². The van der Waals surface area contributed by atoms with Crippen molar-refractivity contribution in [1.82, 2.24) is 9.55 Å². The molecule has 2 heterocycles. The molecule has 0 bridgehead atoms. The number of benzene rings is 1. The molecule has 0 unspecified atom stereocenters. The number of halogens is 2. The lowest BCUT2D eigenvalue weighted by Crippen LogP contribution is -1.94. The minimum atomic E-state index is -0.234. The molecule has 3 rings (SSSR count). The van der Waals surface area contributed by atoms with Crippen LogP contribution in [0.5, 0.6) is 0 Å². The van der Waals surface area contributed by atoms with Gasteiger partial charge in [-0.05, 0) is 36.8 Å². The molecule has 0 amide bonds. The number of aryl methyl sites for hydroxylation is 2. The van der Waals surface area contributed by atoms with Crippen LogP contribution < -0.4 is 0 Å². The molecular weight excluding hydrogens is 263 g/mol. The first kappa shape index (κ1) is 12.2. The second-order valence-electron chi connectivity index (χ2n) is 4.61. The molecule has 0 saturated heterocycles. The lowest BCUT2D eigenvalue weighted by molar-refractivity contribution is 0.627. The van der Waals surface area contributed by atoms with Gasteiger partial charge in [-0.1, -0.05) is 17.7 Å². The maximum absolute atomic E-state index is 13.4. The molecule has 0 aliphatic carbocycles. The van der Waals surface area contributed by atoms with Crippen molar-refractivity contribution < 1.29 is 4.39 Å². The summed E-state index contributed by atoms with van der Waals surface area (Å²) in [6, 6.07) is 8.63. The number of hydrogen-bond donors (Lipinski definition) is 0. The number of rotatable bonds is 1. The SMILES string of the molecule is Cc1ccc(F)cc1-c1cc2cc(Cl)ncc2n1C. The third kappa shape index (κ3) is 2.00. The molecular formula is C15H12ClFN2. The van der Waals surface area contributed by atoms with Crippen molar-refractivity contribution in [3.63, 3.8) is 0 Å². The smallest absolute Gasteiger partial charge is 0.129 e. The quantitative estimate of drug-likeness (QED) is 0.604. The average Bonchev–Trinajstić information content (AvgIpc) is 2.69. The maximum atomic E-state index is 13.4. The predicted molar refractivity (Wildman–Crippen MR) is 75.9 cm³/mol. The number of pyridine rings is 1. The monoisotopic (exact) mass is 274 g/mol. The van der Waals surface area contributed by atoms with E-state index < -0.39 is 0 Å². The van der Waals surface area contributed by atoms with Gasteiger partial charge < -0.3 is 4.57 Å². The molecule has 2 nitrogen and oxygen atoms in total. The minimum Gasteiger partial charge on any atom is -0.342 e. The van der Waals surface area contributed by atoms with Crippen LogP contribution >= 0.6 is 11.6 Å². The van der Waals surface area contributed by atoms with E-state index in [0.29, 0.717) is 5.15 Å². The summed E-state index contributed by atoms with van der Waals surface area (Å²) in [6.07, 6.45) is 1.73. The van der Waals surface area contributed by atoms with Crippen molar-refractivity contribution in [3.05, 3.63) is 53.1 Å². The highest BCUT2D eigenvalue weighted by Crippen LogP contribution is 2.30. The van der Waals surface area contributed by atoms with Gasteiger partial charge in [0.15, 0.2) is 0 Å². The standard InChI is InChI=1S/C15H12ClFN2/c1-9-3-4-11(17)7-12(9)13-5-10-6-15(16)18-8-14(10)19(13)2/h3-8H,1-2H3. The normalized spacial score (nSPS) is 11.2. The van der Waals surface area contributed by atoms with Crippen molar-refractivity contribution in [1.29, 1.82) is 0 Å². The van der Waals surface area contributed by atoms with Gasteiger partial charge >= 0.3 is 0 Å². The zero-order valence-electron chi connectivity index (χ0n) is 10.6. The van der Waals surface area contributed by atoms with E-state index in [1.807, 2.05) is 30.7 Å².